The van der Waals surface area contributed by atoms with Gasteiger partial charge in [0.05, 0.1) is 6.61 Å². The van der Waals surface area contributed by atoms with Gasteiger partial charge in [0, 0.05) is 17.2 Å². The third kappa shape index (κ3) is 4.30. The molecule has 2 unspecified atom stereocenters. The first-order valence-corrected chi connectivity index (χ1v) is 8.95. The highest BCUT2D eigenvalue weighted by Gasteiger charge is 2.38. The second-order valence-electron chi connectivity index (χ2n) is 6.46. The van der Waals surface area contributed by atoms with E-state index in [2.05, 4.69) is 0 Å². The molecule has 2 aromatic rings. The summed E-state index contributed by atoms with van der Waals surface area (Å²) in [5.74, 6) is -2.22. The molecule has 2 atom stereocenters. The molecule has 0 radical (unpaired) electrons. The van der Waals surface area contributed by atoms with Crippen molar-refractivity contribution >= 4 is 5.97 Å². The van der Waals surface area contributed by atoms with E-state index in [1.54, 1.807) is 6.07 Å². The molecule has 0 bridgehead atoms. The van der Waals surface area contributed by atoms with Crippen LogP contribution in [0.25, 0.3) is 0 Å². The maximum absolute atomic E-state index is 13.3. The number of hydrogen-bond donors (Lipinski definition) is 2. The zero-order chi connectivity index (χ0) is 20.3. The number of aliphatic hydroxyl groups is 2. The van der Waals surface area contributed by atoms with Crippen LogP contribution >= 0.6 is 0 Å². The van der Waals surface area contributed by atoms with E-state index in [4.69, 9.17) is 9.47 Å². The Bertz CT molecular complexity index is 860. The predicted octanol–water partition coefficient (Wildman–Crippen LogP) is 3.40. The summed E-state index contributed by atoms with van der Waals surface area (Å²) in [5, 5.41) is 20.9. The Hall–Kier alpha value is -2.55. The van der Waals surface area contributed by atoms with Gasteiger partial charge in [-0.1, -0.05) is 19.4 Å². The standard InChI is InChI=1S/C20H21F2NO5/c1-2-3-8-27-18(24)11-23-19(25)14-6-4-12(9-15(14)20(23)26)28-13-5-7-16(21)17(22)10-13/h4-7,9-10,19-20,25-26H,2-3,8,11H2,1H3. The molecule has 2 N–H and O–H groups in total. The van der Waals surface area contributed by atoms with Crippen LogP contribution in [0.5, 0.6) is 11.5 Å². The Morgan fingerprint density at radius 2 is 1.71 bits per heavy atom. The molecule has 6 nitrogen and oxygen atoms in total. The summed E-state index contributed by atoms with van der Waals surface area (Å²) in [6.45, 7) is 1.98. The van der Waals surface area contributed by atoms with Gasteiger partial charge in [0.2, 0.25) is 0 Å². The van der Waals surface area contributed by atoms with E-state index < -0.39 is 30.1 Å². The minimum atomic E-state index is -1.24. The largest absolute Gasteiger partial charge is 0.465 e. The minimum absolute atomic E-state index is 0.0863. The fraction of sp³-hybridized carbons (Fsp3) is 0.350. The van der Waals surface area contributed by atoms with Crippen molar-refractivity contribution in [1.29, 1.82) is 0 Å². The van der Waals surface area contributed by atoms with Gasteiger partial charge in [-0.15, -0.1) is 0 Å². The number of unbranched alkanes of at least 4 members (excludes halogenated alkanes) is 1. The molecule has 3 rings (SSSR count). The number of esters is 1. The van der Waals surface area contributed by atoms with E-state index >= 15 is 0 Å². The number of nitrogens with zero attached hydrogens (tertiary/aromatic N) is 1. The third-order valence-electron chi connectivity index (χ3n) is 4.44. The molecule has 1 aliphatic rings. The Labute approximate surface area is 160 Å². The average Bonchev–Trinajstić information content (AvgIpc) is 2.89. The van der Waals surface area contributed by atoms with E-state index in [1.165, 1.54) is 23.1 Å². The highest BCUT2D eigenvalue weighted by molar-refractivity contribution is 5.72. The summed E-state index contributed by atoms with van der Waals surface area (Å²) in [6, 6.07) is 7.68. The van der Waals surface area contributed by atoms with Gasteiger partial charge in [-0.25, -0.2) is 13.7 Å². The van der Waals surface area contributed by atoms with Gasteiger partial charge in [0.25, 0.3) is 0 Å². The van der Waals surface area contributed by atoms with Crippen molar-refractivity contribution in [3.05, 3.63) is 59.2 Å². The van der Waals surface area contributed by atoms with Crippen LogP contribution in [0, 0.1) is 11.6 Å². The van der Waals surface area contributed by atoms with Crippen LogP contribution in [0.4, 0.5) is 8.78 Å². The number of hydrogen-bond acceptors (Lipinski definition) is 6. The number of fused-ring (bicyclic) bond motifs is 1. The molecule has 0 amide bonds. The SMILES string of the molecule is CCCCOC(=O)CN1C(O)c2ccc(Oc3ccc(F)c(F)c3)cc2C1O. The van der Waals surface area contributed by atoms with Crippen molar-refractivity contribution in [2.75, 3.05) is 13.2 Å². The maximum Gasteiger partial charge on any atom is 0.320 e. The Kier molecular flexibility index (Phi) is 6.23. The first kappa shape index (κ1) is 20.2. The first-order valence-electron chi connectivity index (χ1n) is 8.95. The molecule has 28 heavy (non-hydrogen) atoms. The number of rotatable bonds is 7. The van der Waals surface area contributed by atoms with E-state index in [-0.39, 0.29) is 24.7 Å². The molecular weight excluding hydrogens is 372 g/mol. The van der Waals surface area contributed by atoms with Crippen molar-refractivity contribution < 1.29 is 33.3 Å². The average molecular weight is 393 g/mol. The summed E-state index contributed by atoms with van der Waals surface area (Å²) >= 11 is 0. The fourth-order valence-corrected chi connectivity index (χ4v) is 2.94. The highest BCUT2D eigenvalue weighted by Crippen LogP contribution is 2.41. The molecule has 0 aliphatic carbocycles. The van der Waals surface area contributed by atoms with Gasteiger partial charge < -0.3 is 19.7 Å². The summed E-state index contributed by atoms with van der Waals surface area (Å²) in [4.78, 5) is 13.1. The monoisotopic (exact) mass is 393 g/mol. The lowest BCUT2D eigenvalue weighted by molar-refractivity contribution is -0.155. The highest BCUT2D eigenvalue weighted by atomic mass is 19.2. The number of ether oxygens (including phenoxy) is 2. The lowest BCUT2D eigenvalue weighted by atomic mass is 10.1. The second kappa shape index (κ2) is 8.64. The first-order chi connectivity index (χ1) is 13.4. The van der Waals surface area contributed by atoms with Crippen LogP contribution in [0.2, 0.25) is 0 Å². The molecule has 1 aliphatic heterocycles. The lowest BCUT2D eigenvalue weighted by Crippen LogP contribution is -2.32. The number of halogens is 2. The zero-order valence-corrected chi connectivity index (χ0v) is 15.3. The fourth-order valence-electron chi connectivity index (χ4n) is 2.94. The van der Waals surface area contributed by atoms with Crippen LogP contribution in [-0.2, 0) is 9.53 Å². The van der Waals surface area contributed by atoms with Crippen molar-refractivity contribution in [3.8, 4) is 11.5 Å². The van der Waals surface area contributed by atoms with Gasteiger partial charge in [0.1, 0.15) is 30.5 Å². The topological polar surface area (TPSA) is 79.2 Å². The Morgan fingerprint density at radius 1 is 1.04 bits per heavy atom. The van der Waals surface area contributed by atoms with Crippen molar-refractivity contribution in [2.24, 2.45) is 0 Å². The van der Waals surface area contributed by atoms with Gasteiger partial charge in [-0.05, 0) is 30.7 Å². The van der Waals surface area contributed by atoms with Gasteiger partial charge in [0.15, 0.2) is 11.6 Å². The molecule has 1 heterocycles. The molecule has 8 heteroatoms. The second-order valence-corrected chi connectivity index (χ2v) is 6.46. The molecule has 2 aromatic carbocycles. The van der Waals surface area contributed by atoms with Crippen LogP contribution in [0.3, 0.4) is 0 Å². The summed E-state index contributed by atoms with van der Waals surface area (Å²) in [6.07, 6.45) is -0.797. The Balaban J connectivity index is 1.72. The maximum atomic E-state index is 13.3. The summed E-state index contributed by atoms with van der Waals surface area (Å²) in [5.41, 5.74) is 0.778. The van der Waals surface area contributed by atoms with Crippen LogP contribution in [-0.4, -0.2) is 34.2 Å². The smallest absolute Gasteiger partial charge is 0.320 e. The molecule has 0 aromatic heterocycles. The van der Waals surface area contributed by atoms with Crippen LogP contribution in [0.1, 0.15) is 43.3 Å². The summed E-state index contributed by atoms with van der Waals surface area (Å²) in [7, 11) is 0. The lowest BCUT2D eigenvalue weighted by Gasteiger charge is -2.22. The molecule has 0 spiro atoms. The van der Waals surface area contributed by atoms with Crippen LogP contribution < -0.4 is 4.74 Å². The van der Waals surface area contributed by atoms with E-state index in [9.17, 15) is 23.8 Å². The molecule has 150 valence electrons. The van der Waals surface area contributed by atoms with Gasteiger partial charge in [-0.3, -0.25) is 4.79 Å². The van der Waals surface area contributed by atoms with E-state index in [0.717, 1.165) is 25.0 Å². The van der Waals surface area contributed by atoms with Crippen molar-refractivity contribution in [2.45, 2.75) is 32.2 Å². The van der Waals surface area contributed by atoms with Crippen molar-refractivity contribution in [3.63, 3.8) is 0 Å². The molecule has 0 saturated carbocycles. The Morgan fingerprint density at radius 3 is 2.43 bits per heavy atom. The van der Waals surface area contributed by atoms with Gasteiger partial charge in [-0.2, -0.15) is 0 Å². The number of carbonyl (C=O) groups excluding carboxylic acids is 1. The predicted molar refractivity (Wildman–Crippen MR) is 95.4 cm³/mol. The van der Waals surface area contributed by atoms with Gasteiger partial charge >= 0.3 is 5.97 Å². The molecular formula is C20H21F2NO5. The van der Waals surface area contributed by atoms with E-state index in [1.807, 2.05) is 6.92 Å². The molecule has 0 fully saturated rings. The number of carbonyl (C=O) groups is 1. The number of aliphatic hydroxyl groups excluding tert-OH is 2. The number of benzene rings is 2. The molecule has 0 saturated heterocycles. The quantitative estimate of drug-likeness (QED) is 0.555. The van der Waals surface area contributed by atoms with E-state index in [0.29, 0.717) is 11.1 Å². The summed E-state index contributed by atoms with van der Waals surface area (Å²) < 4.78 is 36.9. The zero-order valence-electron chi connectivity index (χ0n) is 15.3. The minimum Gasteiger partial charge on any atom is -0.465 e. The normalized spacial score (nSPS) is 18.8. The third-order valence-corrected chi connectivity index (χ3v) is 4.44. The van der Waals surface area contributed by atoms with Crippen molar-refractivity contribution in [1.82, 2.24) is 4.90 Å². The van der Waals surface area contributed by atoms with Crippen LogP contribution in [0.15, 0.2) is 36.4 Å².